The Kier molecular flexibility index (Phi) is 2.97. The third-order valence-electron chi connectivity index (χ3n) is 3.60. The molecule has 1 aromatic rings. The second kappa shape index (κ2) is 4.67. The molecule has 0 atom stereocenters. The summed E-state index contributed by atoms with van der Waals surface area (Å²) in [6, 6.07) is 1.89. The Labute approximate surface area is 116 Å². The summed E-state index contributed by atoms with van der Waals surface area (Å²) in [5.41, 5.74) is 3.21. The predicted octanol–water partition coefficient (Wildman–Crippen LogP) is 2.88. The molecule has 5 nitrogen and oxygen atoms in total. The molecule has 3 rings (SSSR count). The lowest BCUT2D eigenvalue weighted by atomic mass is 9.94. The molecule has 0 saturated carbocycles. The molecule has 0 unspecified atom stereocenters. The molecule has 0 spiro atoms. The Morgan fingerprint density at radius 3 is 2.95 bits per heavy atom. The summed E-state index contributed by atoms with van der Waals surface area (Å²) >= 11 is 0. The van der Waals surface area contributed by atoms with Gasteiger partial charge < -0.3 is 9.15 Å². The van der Waals surface area contributed by atoms with Crippen LogP contribution in [0.1, 0.15) is 31.6 Å². The van der Waals surface area contributed by atoms with Gasteiger partial charge in [-0.25, -0.2) is 9.69 Å². The lowest BCUT2D eigenvalue weighted by Gasteiger charge is -2.19. The van der Waals surface area contributed by atoms with Crippen molar-refractivity contribution in [2.45, 2.75) is 26.7 Å². The zero-order chi connectivity index (χ0) is 14.3. The number of hydrogen-bond donors (Lipinski definition) is 0. The van der Waals surface area contributed by atoms with Crippen LogP contribution in [0, 0.1) is 0 Å². The average Bonchev–Trinajstić information content (AvgIpc) is 2.97. The maximum atomic E-state index is 12.4. The van der Waals surface area contributed by atoms with Crippen molar-refractivity contribution in [3.8, 4) is 0 Å². The van der Waals surface area contributed by atoms with Crippen LogP contribution in [-0.4, -0.2) is 23.5 Å². The van der Waals surface area contributed by atoms with Gasteiger partial charge in [0.05, 0.1) is 18.6 Å². The van der Waals surface area contributed by atoms with Crippen LogP contribution >= 0.6 is 0 Å². The average molecular weight is 273 g/mol. The molecule has 0 bridgehead atoms. The molecule has 1 aliphatic heterocycles. The molecule has 5 heteroatoms. The molecular formula is C15H15NO4. The van der Waals surface area contributed by atoms with Crippen molar-refractivity contribution in [2.24, 2.45) is 0 Å². The number of imide groups is 1. The van der Waals surface area contributed by atoms with Crippen LogP contribution in [0.2, 0.25) is 0 Å². The first kappa shape index (κ1) is 12.7. The smallest absolute Gasteiger partial charge is 0.421 e. The van der Waals surface area contributed by atoms with Crippen LogP contribution < -0.4 is 0 Å². The monoisotopic (exact) mass is 273 g/mol. The van der Waals surface area contributed by atoms with Gasteiger partial charge in [-0.3, -0.25) is 4.79 Å². The van der Waals surface area contributed by atoms with E-state index in [0.29, 0.717) is 29.9 Å². The van der Waals surface area contributed by atoms with Crippen molar-refractivity contribution in [1.82, 2.24) is 4.90 Å². The van der Waals surface area contributed by atoms with Gasteiger partial charge in [0.25, 0.3) is 5.91 Å². The largest absolute Gasteiger partial charge is 0.465 e. The number of allylic oxidation sites excluding steroid dienone is 1. The van der Waals surface area contributed by atoms with Crippen LogP contribution in [-0.2, 0) is 16.0 Å². The third kappa shape index (κ3) is 1.70. The minimum absolute atomic E-state index is 0.235. The number of ether oxygens (including phenoxy) is 1. The first-order chi connectivity index (χ1) is 9.67. The van der Waals surface area contributed by atoms with Crippen molar-refractivity contribution in [1.29, 1.82) is 0 Å². The number of fused-ring (bicyclic) bond motifs is 2. The summed E-state index contributed by atoms with van der Waals surface area (Å²) in [4.78, 5) is 25.5. The van der Waals surface area contributed by atoms with Crippen LogP contribution in [0.25, 0.3) is 6.08 Å². The number of rotatable bonds is 2. The highest BCUT2D eigenvalue weighted by Gasteiger charge is 2.40. The number of furan rings is 1. The van der Waals surface area contributed by atoms with Gasteiger partial charge in [0.15, 0.2) is 0 Å². The van der Waals surface area contributed by atoms with Crippen molar-refractivity contribution >= 4 is 18.1 Å². The quantitative estimate of drug-likeness (QED) is 0.831. The molecule has 0 fully saturated rings. The van der Waals surface area contributed by atoms with E-state index in [4.69, 9.17) is 9.15 Å². The van der Waals surface area contributed by atoms with Gasteiger partial charge in [-0.15, -0.1) is 0 Å². The summed E-state index contributed by atoms with van der Waals surface area (Å²) in [5, 5.41) is 0. The van der Waals surface area contributed by atoms with Gasteiger partial charge in [0, 0.05) is 23.6 Å². The molecule has 0 aromatic carbocycles. The third-order valence-corrected chi connectivity index (χ3v) is 3.60. The van der Waals surface area contributed by atoms with E-state index < -0.39 is 6.09 Å². The van der Waals surface area contributed by atoms with Gasteiger partial charge in [0.1, 0.15) is 5.76 Å². The molecule has 2 heterocycles. The normalized spacial score (nSPS) is 17.0. The molecular weight excluding hydrogens is 258 g/mol. The zero-order valence-electron chi connectivity index (χ0n) is 11.4. The fraction of sp³-hybridized carbons (Fsp3) is 0.333. The molecule has 0 radical (unpaired) electrons. The van der Waals surface area contributed by atoms with E-state index >= 15 is 0 Å². The van der Waals surface area contributed by atoms with Gasteiger partial charge >= 0.3 is 6.09 Å². The van der Waals surface area contributed by atoms with E-state index in [1.54, 1.807) is 19.3 Å². The van der Waals surface area contributed by atoms with E-state index in [1.165, 1.54) is 0 Å². The van der Waals surface area contributed by atoms with Crippen molar-refractivity contribution < 1.29 is 18.7 Å². The lowest BCUT2D eigenvalue weighted by molar-refractivity contribution is -0.123. The van der Waals surface area contributed by atoms with E-state index in [0.717, 1.165) is 16.0 Å². The number of amides is 2. The van der Waals surface area contributed by atoms with Crippen LogP contribution in [0.5, 0.6) is 0 Å². The summed E-state index contributed by atoms with van der Waals surface area (Å²) in [6.45, 7) is 3.86. The maximum Gasteiger partial charge on any atom is 0.421 e. The SMILES string of the molecule is CCOC(=O)N1C(=O)C(CC)=C2Cc3ccoc3C=C21. The molecule has 0 saturated heterocycles. The first-order valence-corrected chi connectivity index (χ1v) is 6.69. The molecule has 1 aliphatic carbocycles. The fourth-order valence-corrected chi connectivity index (χ4v) is 2.68. The van der Waals surface area contributed by atoms with Gasteiger partial charge in [-0.1, -0.05) is 6.92 Å². The molecule has 2 amide bonds. The number of nitrogens with zero attached hydrogens (tertiary/aromatic N) is 1. The predicted molar refractivity (Wildman–Crippen MR) is 71.6 cm³/mol. The standard InChI is InChI=1S/C15H15NO4/c1-3-10-11-7-9-5-6-20-13(9)8-12(11)16(14(10)17)15(18)19-4-2/h5-6,8H,3-4,7H2,1-2H3. The van der Waals surface area contributed by atoms with Crippen molar-refractivity contribution in [3.05, 3.63) is 40.5 Å². The second-order valence-corrected chi connectivity index (χ2v) is 4.67. The van der Waals surface area contributed by atoms with E-state index in [9.17, 15) is 9.59 Å². The molecule has 1 aromatic heterocycles. The van der Waals surface area contributed by atoms with E-state index in [-0.39, 0.29) is 12.5 Å². The summed E-state index contributed by atoms with van der Waals surface area (Å²) in [5.74, 6) is 0.417. The Bertz CT molecular complexity index is 651. The Morgan fingerprint density at radius 1 is 1.45 bits per heavy atom. The molecule has 2 aliphatic rings. The molecule has 0 N–H and O–H groups in total. The van der Waals surface area contributed by atoms with Crippen molar-refractivity contribution in [2.75, 3.05) is 6.61 Å². The zero-order valence-corrected chi connectivity index (χ0v) is 11.4. The Hall–Kier alpha value is -2.30. The number of hydrogen-bond acceptors (Lipinski definition) is 4. The van der Waals surface area contributed by atoms with Crippen LogP contribution in [0.15, 0.2) is 33.6 Å². The lowest BCUT2D eigenvalue weighted by Crippen LogP contribution is -2.33. The highest BCUT2D eigenvalue weighted by Crippen LogP contribution is 2.39. The molecule has 104 valence electrons. The Balaban J connectivity index is 2.09. The van der Waals surface area contributed by atoms with E-state index in [2.05, 4.69) is 0 Å². The van der Waals surface area contributed by atoms with Crippen LogP contribution in [0.4, 0.5) is 4.79 Å². The number of carbonyl (C=O) groups is 2. The highest BCUT2D eigenvalue weighted by atomic mass is 16.6. The molecule has 20 heavy (non-hydrogen) atoms. The summed E-state index contributed by atoms with van der Waals surface area (Å²) < 4.78 is 10.3. The highest BCUT2D eigenvalue weighted by molar-refractivity contribution is 6.10. The van der Waals surface area contributed by atoms with Gasteiger partial charge in [-0.2, -0.15) is 0 Å². The van der Waals surface area contributed by atoms with E-state index in [1.807, 2.05) is 13.0 Å². The summed E-state index contributed by atoms with van der Waals surface area (Å²) in [6.07, 6.45) is 3.94. The van der Waals surface area contributed by atoms with Crippen LogP contribution in [0.3, 0.4) is 0 Å². The summed E-state index contributed by atoms with van der Waals surface area (Å²) in [7, 11) is 0. The Morgan fingerprint density at radius 2 is 2.25 bits per heavy atom. The second-order valence-electron chi connectivity index (χ2n) is 4.67. The minimum atomic E-state index is -0.625. The fourth-order valence-electron chi connectivity index (χ4n) is 2.68. The van der Waals surface area contributed by atoms with Gasteiger partial charge in [-0.05, 0) is 25.0 Å². The minimum Gasteiger partial charge on any atom is -0.465 e. The first-order valence-electron chi connectivity index (χ1n) is 6.69. The number of carbonyl (C=O) groups excluding carboxylic acids is 2. The van der Waals surface area contributed by atoms with Crippen molar-refractivity contribution in [3.63, 3.8) is 0 Å². The topological polar surface area (TPSA) is 59.8 Å². The van der Waals surface area contributed by atoms with Gasteiger partial charge in [0.2, 0.25) is 0 Å². The maximum absolute atomic E-state index is 12.4.